The second-order valence-corrected chi connectivity index (χ2v) is 9.21. The summed E-state index contributed by atoms with van der Waals surface area (Å²) in [5, 5.41) is 10.2. The maximum atomic E-state index is 14.2. The summed E-state index contributed by atoms with van der Waals surface area (Å²) in [7, 11) is 0. The Morgan fingerprint density at radius 2 is 1.44 bits per heavy atom. The van der Waals surface area contributed by atoms with Crippen LogP contribution in [0.4, 0.5) is 0 Å². The first-order valence-corrected chi connectivity index (χ1v) is 12.4. The zero-order valence-electron chi connectivity index (χ0n) is 20.6. The van der Waals surface area contributed by atoms with Crippen LogP contribution in [0.2, 0.25) is 0 Å². The molecule has 6 nitrogen and oxygen atoms in total. The molecule has 0 saturated carbocycles. The van der Waals surface area contributed by atoms with Gasteiger partial charge in [-0.25, -0.2) is 0 Å². The molecule has 2 atom stereocenters. The number of carboxylic acid groups (broad SMARTS) is 1. The summed E-state index contributed by atoms with van der Waals surface area (Å²) >= 11 is 0. The van der Waals surface area contributed by atoms with Crippen molar-refractivity contribution in [1.29, 1.82) is 0 Å². The molecule has 4 aromatic rings. The number of benzene rings is 3. The fourth-order valence-electron chi connectivity index (χ4n) is 4.73. The number of fused-ring (bicyclic) bond motifs is 1. The molecule has 1 aromatic heterocycles. The lowest BCUT2D eigenvalue weighted by Crippen LogP contribution is -2.42. The van der Waals surface area contributed by atoms with E-state index >= 15 is 0 Å². The summed E-state index contributed by atoms with van der Waals surface area (Å²) in [6.07, 6.45) is 3.50. The smallest absolute Gasteiger partial charge is 0.320 e. The molecule has 0 spiro atoms. The van der Waals surface area contributed by atoms with E-state index in [0.29, 0.717) is 19.5 Å². The van der Waals surface area contributed by atoms with Crippen molar-refractivity contribution < 1.29 is 14.7 Å². The third-order valence-electron chi connectivity index (χ3n) is 6.53. The van der Waals surface area contributed by atoms with E-state index in [1.54, 1.807) is 10.8 Å². The number of carbonyl (C=O) groups excluding carboxylic acids is 1. The van der Waals surface area contributed by atoms with Gasteiger partial charge in [0.1, 0.15) is 6.04 Å². The maximum Gasteiger partial charge on any atom is 0.320 e. The number of hydrogen-bond acceptors (Lipinski definition) is 4. The van der Waals surface area contributed by atoms with E-state index in [4.69, 9.17) is 5.73 Å². The van der Waals surface area contributed by atoms with E-state index in [-0.39, 0.29) is 18.4 Å². The van der Waals surface area contributed by atoms with Crippen molar-refractivity contribution in [3.8, 4) is 0 Å². The predicted octanol–water partition coefficient (Wildman–Crippen LogP) is 5.11. The fraction of sp³-hybridized carbons (Fsp3) is 0.267. The number of para-hydroxylation sites is 1. The number of aromatic nitrogens is 1. The van der Waals surface area contributed by atoms with E-state index in [0.717, 1.165) is 34.0 Å². The third-order valence-corrected chi connectivity index (χ3v) is 6.53. The van der Waals surface area contributed by atoms with Crippen molar-refractivity contribution in [2.45, 2.75) is 51.4 Å². The Balaban J connectivity index is 1.73. The first-order chi connectivity index (χ1) is 17.5. The van der Waals surface area contributed by atoms with Crippen LogP contribution in [0.25, 0.3) is 10.9 Å². The fourth-order valence-corrected chi connectivity index (χ4v) is 4.73. The molecule has 0 aliphatic rings. The molecule has 4 rings (SSSR count). The Kier molecular flexibility index (Phi) is 8.31. The molecule has 36 heavy (non-hydrogen) atoms. The van der Waals surface area contributed by atoms with E-state index in [1.165, 1.54) is 0 Å². The van der Waals surface area contributed by atoms with Crippen molar-refractivity contribution in [3.05, 3.63) is 108 Å². The summed E-state index contributed by atoms with van der Waals surface area (Å²) in [4.78, 5) is 27.8. The molecular formula is C30H33N3O3. The number of nitrogens with two attached hydrogens (primary N) is 1. The van der Waals surface area contributed by atoms with Crippen LogP contribution in [0.1, 0.15) is 41.3 Å². The lowest BCUT2D eigenvalue weighted by Gasteiger charge is -2.31. The van der Waals surface area contributed by atoms with Gasteiger partial charge in [0.05, 0.1) is 11.6 Å². The maximum absolute atomic E-state index is 14.2. The Bertz CT molecular complexity index is 1260. The summed E-state index contributed by atoms with van der Waals surface area (Å²) in [5.41, 5.74) is 9.68. The number of rotatable bonds is 11. The molecule has 1 heterocycles. The number of hydrogen-bond donors (Lipinski definition) is 2. The standard InChI is InChI=1S/C30H33N3O3/c1-2-11-28(32(19-22-12-5-3-6-13-22)20-23-14-7-4-8-15-23)29(34)33-21-24(18-26(31)30(35)36)25-16-9-10-17-27(25)33/h3-10,12-17,21,26,28H,2,11,18-20,31H2,1H3,(H,35,36)/t26?,28-/m0/s1. The van der Waals surface area contributed by atoms with E-state index in [1.807, 2.05) is 60.7 Å². The average Bonchev–Trinajstić information content (AvgIpc) is 3.26. The highest BCUT2D eigenvalue weighted by molar-refractivity contribution is 5.97. The normalized spacial score (nSPS) is 13.1. The summed E-state index contributed by atoms with van der Waals surface area (Å²) in [5.74, 6) is -1.08. The molecule has 3 aromatic carbocycles. The minimum absolute atomic E-state index is 0.0185. The van der Waals surface area contributed by atoms with Crippen molar-refractivity contribution in [3.63, 3.8) is 0 Å². The van der Waals surface area contributed by atoms with Gasteiger partial charge in [0, 0.05) is 31.1 Å². The molecule has 0 saturated heterocycles. The Morgan fingerprint density at radius 3 is 2.00 bits per heavy atom. The first-order valence-electron chi connectivity index (χ1n) is 12.4. The van der Waals surface area contributed by atoms with Crippen LogP contribution >= 0.6 is 0 Å². The van der Waals surface area contributed by atoms with Crippen LogP contribution < -0.4 is 5.73 Å². The Morgan fingerprint density at radius 1 is 0.889 bits per heavy atom. The molecule has 0 aliphatic carbocycles. The molecule has 186 valence electrons. The van der Waals surface area contributed by atoms with Crippen LogP contribution in [-0.4, -0.2) is 38.5 Å². The van der Waals surface area contributed by atoms with Crippen LogP contribution in [0, 0.1) is 0 Å². The Labute approximate surface area is 212 Å². The molecule has 0 amide bonds. The summed E-state index contributed by atoms with van der Waals surface area (Å²) in [6.45, 7) is 3.37. The zero-order chi connectivity index (χ0) is 25.5. The van der Waals surface area contributed by atoms with Gasteiger partial charge in [-0.15, -0.1) is 0 Å². The predicted molar refractivity (Wildman–Crippen MR) is 143 cm³/mol. The largest absolute Gasteiger partial charge is 0.480 e. The number of carboxylic acids is 1. The highest BCUT2D eigenvalue weighted by Crippen LogP contribution is 2.25. The lowest BCUT2D eigenvalue weighted by atomic mass is 10.1. The van der Waals surface area contributed by atoms with Crippen molar-refractivity contribution in [2.75, 3.05) is 0 Å². The summed E-state index contributed by atoms with van der Waals surface area (Å²) < 4.78 is 1.70. The molecule has 0 radical (unpaired) electrons. The molecule has 0 bridgehead atoms. The number of aliphatic carboxylic acids is 1. The van der Waals surface area contributed by atoms with Gasteiger partial charge < -0.3 is 10.8 Å². The van der Waals surface area contributed by atoms with Gasteiger partial charge in [-0.05, 0) is 29.2 Å². The van der Waals surface area contributed by atoms with Gasteiger partial charge in [-0.3, -0.25) is 19.1 Å². The van der Waals surface area contributed by atoms with Gasteiger partial charge in [0.15, 0.2) is 0 Å². The van der Waals surface area contributed by atoms with Crippen LogP contribution in [0.3, 0.4) is 0 Å². The van der Waals surface area contributed by atoms with Crippen molar-refractivity contribution in [2.24, 2.45) is 5.73 Å². The van der Waals surface area contributed by atoms with Gasteiger partial charge in [-0.2, -0.15) is 0 Å². The monoisotopic (exact) mass is 483 g/mol. The van der Waals surface area contributed by atoms with Gasteiger partial charge >= 0.3 is 5.97 Å². The molecule has 0 aliphatic heterocycles. The molecule has 3 N–H and O–H groups in total. The molecule has 0 fully saturated rings. The second-order valence-electron chi connectivity index (χ2n) is 9.21. The summed E-state index contributed by atoms with van der Waals surface area (Å²) in [6, 6.07) is 26.6. The minimum atomic E-state index is -1.06. The SMILES string of the molecule is CCC[C@@H](C(=O)n1cc(CC(N)C(=O)O)c2ccccc21)N(Cc1ccccc1)Cc1ccccc1. The van der Waals surface area contributed by atoms with Gasteiger partial charge in [0.25, 0.3) is 0 Å². The average molecular weight is 484 g/mol. The Hall–Kier alpha value is -3.74. The minimum Gasteiger partial charge on any atom is -0.480 e. The lowest BCUT2D eigenvalue weighted by molar-refractivity contribution is -0.138. The van der Waals surface area contributed by atoms with Crippen LogP contribution in [0.5, 0.6) is 0 Å². The highest BCUT2D eigenvalue weighted by Gasteiger charge is 2.29. The topological polar surface area (TPSA) is 88.6 Å². The van der Waals surface area contributed by atoms with Crippen LogP contribution in [-0.2, 0) is 24.3 Å². The van der Waals surface area contributed by atoms with Crippen LogP contribution in [0.15, 0.2) is 91.1 Å². The van der Waals surface area contributed by atoms with Gasteiger partial charge in [0.2, 0.25) is 5.91 Å². The number of carbonyl (C=O) groups is 2. The molecular weight excluding hydrogens is 450 g/mol. The first kappa shape index (κ1) is 25.4. The van der Waals surface area contributed by atoms with E-state index in [9.17, 15) is 14.7 Å². The third kappa shape index (κ3) is 5.90. The van der Waals surface area contributed by atoms with E-state index in [2.05, 4.69) is 36.1 Å². The van der Waals surface area contributed by atoms with Gasteiger partial charge in [-0.1, -0.05) is 92.2 Å². The molecule has 6 heteroatoms. The quantitative estimate of drug-likeness (QED) is 0.310. The highest BCUT2D eigenvalue weighted by atomic mass is 16.4. The number of nitrogens with zero attached hydrogens (tertiary/aromatic N) is 2. The zero-order valence-corrected chi connectivity index (χ0v) is 20.6. The second kappa shape index (κ2) is 11.8. The van der Waals surface area contributed by atoms with E-state index < -0.39 is 12.0 Å². The van der Waals surface area contributed by atoms with Crippen molar-refractivity contribution >= 4 is 22.8 Å². The molecule has 1 unspecified atom stereocenters. The van der Waals surface area contributed by atoms with Crippen molar-refractivity contribution in [1.82, 2.24) is 9.47 Å².